The van der Waals surface area contributed by atoms with Gasteiger partial charge in [-0.1, -0.05) is 23.8 Å². The zero-order valence-electron chi connectivity index (χ0n) is 10.5. The average molecular weight is 287 g/mol. The van der Waals surface area contributed by atoms with E-state index in [0.717, 1.165) is 17.9 Å². The van der Waals surface area contributed by atoms with Crippen LogP contribution in [0.3, 0.4) is 0 Å². The molecule has 3 aromatic rings. The Morgan fingerprint density at radius 1 is 1.26 bits per heavy atom. The number of aryl methyl sites for hydroxylation is 1. The van der Waals surface area contributed by atoms with Crippen molar-refractivity contribution in [3.63, 3.8) is 0 Å². The Kier molecular flexibility index (Phi) is 3.31. The van der Waals surface area contributed by atoms with Crippen molar-refractivity contribution in [1.82, 2.24) is 14.8 Å². The van der Waals surface area contributed by atoms with Crippen LogP contribution in [0.4, 0.5) is 0 Å². The molecule has 0 unspecified atom stereocenters. The van der Waals surface area contributed by atoms with Crippen LogP contribution in [-0.2, 0) is 6.42 Å². The van der Waals surface area contributed by atoms with Gasteiger partial charge in [-0.25, -0.2) is 0 Å². The molecule has 1 N–H and O–H groups in total. The summed E-state index contributed by atoms with van der Waals surface area (Å²) in [5.74, 6) is 0.941. The maximum atomic E-state index is 5.33. The Labute approximate surface area is 120 Å². The van der Waals surface area contributed by atoms with E-state index in [1.807, 2.05) is 4.57 Å². The first kappa shape index (κ1) is 12.3. The van der Waals surface area contributed by atoms with Crippen LogP contribution in [0.15, 0.2) is 41.8 Å². The summed E-state index contributed by atoms with van der Waals surface area (Å²) in [6.45, 7) is 2.07. The number of rotatable bonds is 3. The second kappa shape index (κ2) is 5.11. The van der Waals surface area contributed by atoms with E-state index in [1.54, 1.807) is 11.3 Å². The molecule has 0 aliphatic heterocycles. The number of hydrogen-bond donors (Lipinski definition) is 1. The molecule has 2 heterocycles. The van der Waals surface area contributed by atoms with Crippen molar-refractivity contribution in [3.05, 3.63) is 62.8 Å². The van der Waals surface area contributed by atoms with Crippen molar-refractivity contribution in [3.8, 4) is 5.69 Å². The van der Waals surface area contributed by atoms with Crippen LogP contribution in [0.2, 0.25) is 0 Å². The molecular weight excluding hydrogens is 274 g/mol. The van der Waals surface area contributed by atoms with Crippen LogP contribution in [-0.4, -0.2) is 14.8 Å². The van der Waals surface area contributed by atoms with Gasteiger partial charge in [-0.15, -0.1) is 11.3 Å². The summed E-state index contributed by atoms with van der Waals surface area (Å²) in [5, 5.41) is 9.30. The molecule has 0 saturated heterocycles. The predicted octanol–water partition coefficient (Wildman–Crippen LogP) is 3.89. The first-order chi connectivity index (χ1) is 9.24. The minimum absolute atomic E-state index is 0.635. The monoisotopic (exact) mass is 287 g/mol. The first-order valence-electron chi connectivity index (χ1n) is 6.00. The van der Waals surface area contributed by atoms with E-state index in [4.69, 9.17) is 12.2 Å². The molecular formula is C14H13N3S2. The molecule has 0 aliphatic rings. The number of aromatic amines is 1. The fourth-order valence-corrected chi connectivity index (χ4v) is 2.94. The van der Waals surface area contributed by atoms with E-state index in [-0.39, 0.29) is 0 Å². The standard InChI is InChI=1S/C14H13N3S2/c1-10-4-6-11(7-5-10)17-13(15-16-14(17)18)9-12-3-2-8-19-12/h2-8H,9H2,1H3,(H,16,18). The van der Waals surface area contributed by atoms with E-state index in [2.05, 4.69) is 58.9 Å². The van der Waals surface area contributed by atoms with Gasteiger partial charge in [0.15, 0.2) is 4.77 Å². The van der Waals surface area contributed by atoms with E-state index in [0.29, 0.717) is 4.77 Å². The molecule has 0 spiro atoms. The lowest BCUT2D eigenvalue weighted by molar-refractivity contribution is 0.910. The molecule has 96 valence electrons. The van der Waals surface area contributed by atoms with Crippen molar-refractivity contribution in [2.24, 2.45) is 0 Å². The van der Waals surface area contributed by atoms with Crippen LogP contribution >= 0.6 is 23.6 Å². The van der Waals surface area contributed by atoms with Crippen molar-refractivity contribution in [2.45, 2.75) is 13.3 Å². The van der Waals surface area contributed by atoms with Gasteiger partial charge in [-0.05, 0) is 42.7 Å². The average Bonchev–Trinajstić information content (AvgIpc) is 3.02. The molecule has 0 radical (unpaired) electrons. The van der Waals surface area contributed by atoms with Crippen LogP contribution in [0.5, 0.6) is 0 Å². The van der Waals surface area contributed by atoms with Gasteiger partial charge >= 0.3 is 0 Å². The van der Waals surface area contributed by atoms with E-state index < -0.39 is 0 Å². The highest BCUT2D eigenvalue weighted by Crippen LogP contribution is 2.17. The summed E-state index contributed by atoms with van der Waals surface area (Å²) in [6.07, 6.45) is 0.790. The summed E-state index contributed by atoms with van der Waals surface area (Å²) >= 11 is 7.06. The Hall–Kier alpha value is -1.72. The molecule has 0 saturated carbocycles. The van der Waals surface area contributed by atoms with E-state index in [1.165, 1.54) is 10.4 Å². The van der Waals surface area contributed by atoms with Crippen molar-refractivity contribution in [1.29, 1.82) is 0 Å². The minimum atomic E-state index is 0.635. The van der Waals surface area contributed by atoms with Gasteiger partial charge in [0.2, 0.25) is 0 Å². The SMILES string of the molecule is Cc1ccc(-n2c(Cc3cccs3)n[nH]c2=S)cc1. The zero-order chi connectivity index (χ0) is 13.2. The number of benzene rings is 1. The van der Waals surface area contributed by atoms with Crippen molar-refractivity contribution < 1.29 is 0 Å². The Morgan fingerprint density at radius 2 is 2.05 bits per heavy atom. The molecule has 1 aromatic carbocycles. The highest BCUT2D eigenvalue weighted by molar-refractivity contribution is 7.71. The topological polar surface area (TPSA) is 33.6 Å². The lowest BCUT2D eigenvalue weighted by Gasteiger charge is -2.06. The highest BCUT2D eigenvalue weighted by Gasteiger charge is 2.09. The van der Waals surface area contributed by atoms with Crippen LogP contribution in [0.25, 0.3) is 5.69 Å². The summed E-state index contributed by atoms with van der Waals surface area (Å²) in [7, 11) is 0. The third kappa shape index (κ3) is 2.52. The van der Waals surface area contributed by atoms with Gasteiger partial charge in [0.05, 0.1) is 0 Å². The van der Waals surface area contributed by atoms with Crippen molar-refractivity contribution in [2.75, 3.05) is 0 Å². The Bertz CT molecular complexity index is 721. The van der Waals surface area contributed by atoms with Gasteiger partial charge in [0.1, 0.15) is 5.82 Å². The summed E-state index contributed by atoms with van der Waals surface area (Å²) < 4.78 is 2.63. The van der Waals surface area contributed by atoms with E-state index >= 15 is 0 Å². The number of nitrogens with one attached hydrogen (secondary N) is 1. The van der Waals surface area contributed by atoms with Crippen LogP contribution < -0.4 is 0 Å². The molecule has 0 bridgehead atoms. The molecule has 0 amide bonds. The molecule has 0 atom stereocenters. The fourth-order valence-electron chi connectivity index (χ4n) is 1.98. The van der Waals surface area contributed by atoms with Crippen LogP contribution in [0, 0.1) is 11.7 Å². The largest absolute Gasteiger partial charge is 0.272 e. The molecule has 0 aliphatic carbocycles. The quantitative estimate of drug-likeness (QED) is 0.741. The smallest absolute Gasteiger partial charge is 0.199 e. The fraction of sp³-hybridized carbons (Fsp3) is 0.143. The van der Waals surface area contributed by atoms with Crippen molar-refractivity contribution >= 4 is 23.6 Å². The van der Waals surface area contributed by atoms with Crippen LogP contribution in [0.1, 0.15) is 16.3 Å². The number of thiophene rings is 1. The summed E-state index contributed by atoms with van der Waals surface area (Å²) in [6, 6.07) is 12.5. The molecule has 5 heteroatoms. The second-order valence-electron chi connectivity index (χ2n) is 4.37. The van der Waals surface area contributed by atoms with Gasteiger partial charge in [-0.2, -0.15) is 5.10 Å². The number of aromatic nitrogens is 3. The van der Waals surface area contributed by atoms with Gasteiger partial charge in [-0.3, -0.25) is 9.67 Å². The van der Waals surface area contributed by atoms with Gasteiger partial charge in [0, 0.05) is 17.0 Å². The lowest BCUT2D eigenvalue weighted by atomic mass is 10.2. The second-order valence-corrected chi connectivity index (χ2v) is 5.79. The summed E-state index contributed by atoms with van der Waals surface area (Å²) in [5.41, 5.74) is 2.29. The molecule has 3 rings (SSSR count). The molecule has 3 nitrogen and oxygen atoms in total. The maximum absolute atomic E-state index is 5.33. The first-order valence-corrected chi connectivity index (χ1v) is 7.28. The maximum Gasteiger partial charge on any atom is 0.199 e. The highest BCUT2D eigenvalue weighted by atomic mass is 32.1. The Balaban J connectivity index is 2.03. The normalized spacial score (nSPS) is 10.8. The van der Waals surface area contributed by atoms with Gasteiger partial charge in [0.25, 0.3) is 0 Å². The molecule has 0 fully saturated rings. The van der Waals surface area contributed by atoms with Gasteiger partial charge < -0.3 is 0 Å². The summed E-state index contributed by atoms with van der Waals surface area (Å²) in [4.78, 5) is 1.28. The number of hydrogen-bond acceptors (Lipinski definition) is 3. The Morgan fingerprint density at radius 3 is 2.74 bits per heavy atom. The minimum Gasteiger partial charge on any atom is -0.272 e. The molecule has 19 heavy (non-hydrogen) atoms. The molecule has 2 aromatic heterocycles. The number of nitrogens with zero attached hydrogens (tertiary/aromatic N) is 2. The third-order valence-corrected chi connectivity index (χ3v) is 4.10. The number of H-pyrrole nitrogens is 1. The van der Waals surface area contributed by atoms with E-state index in [9.17, 15) is 0 Å². The lowest BCUT2D eigenvalue weighted by Crippen LogP contribution is -2.01. The predicted molar refractivity (Wildman–Crippen MR) is 80.6 cm³/mol. The zero-order valence-corrected chi connectivity index (χ0v) is 12.1. The third-order valence-electron chi connectivity index (χ3n) is 2.95.